The van der Waals surface area contributed by atoms with Gasteiger partial charge in [0, 0.05) is 8.80 Å². The third-order valence-electron chi connectivity index (χ3n) is 12.2. The summed E-state index contributed by atoms with van der Waals surface area (Å²) in [5, 5.41) is 7.27. The monoisotopic (exact) mass is 843 g/mol. The quantitative estimate of drug-likeness (QED) is 0.124. The Morgan fingerprint density at radius 1 is 0.614 bits per heavy atom. The minimum absolute atomic E-state index is 0. The summed E-state index contributed by atoms with van der Waals surface area (Å²) in [6.07, 6.45) is 3.66. The van der Waals surface area contributed by atoms with Gasteiger partial charge in [0.25, 0.3) is 0 Å². The summed E-state index contributed by atoms with van der Waals surface area (Å²) in [5.41, 5.74) is 23.8. The van der Waals surface area contributed by atoms with Crippen molar-refractivity contribution in [2.75, 3.05) is 7.11 Å². The van der Waals surface area contributed by atoms with E-state index in [0.717, 1.165) is 5.75 Å². The first-order valence-electron chi connectivity index (χ1n) is 20.6. The summed E-state index contributed by atoms with van der Waals surface area (Å²) in [4.78, 5) is 0. The van der Waals surface area contributed by atoms with Crippen molar-refractivity contribution in [3.8, 4) is 39.1 Å². The Bertz CT molecular complexity index is 2640. The minimum Gasteiger partial charge on any atom is -0.498 e. The van der Waals surface area contributed by atoms with Gasteiger partial charge in [0.1, 0.15) is 5.75 Å². The molecule has 7 aromatic rings. The van der Waals surface area contributed by atoms with E-state index in [9.17, 15) is 0 Å². The number of hydrogen-bond acceptors (Lipinski definition) is 1. The molecule has 0 unspecified atom stereocenters. The Morgan fingerprint density at radius 3 is 1.58 bits per heavy atom. The Morgan fingerprint density at radius 2 is 1.11 bits per heavy atom. The van der Waals surface area contributed by atoms with E-state index in [1.54, 1.807) is 34.4 Å². The van der Waals surface area contributed by atoms with Crippen molar-refractivity contribution in [2.24, 2.45) is 0 Å². The smallest absolute Gasteiger partial charge is 0.498 e. The van der Waals surface area contributed by atoms with Gasteiger partial charge in [-0.3, -0.25) is 0 Å². The van der Waals surface area contributed by atoms with Gasteiger partial charge in [-0.1, -0.05) is 152 Å². The maximum Gasteiger partial charge on any atom is 2.00 e. The zero-order valence-electron chi connectivity index (χ0n) is 37.0. The maximum absolute atomic E-state index is 5.96. The number of methoxy groups -OCH3 is 1. The summed E-state index contributed by atoms with van der Waals surface area (Å²) in [7, 11) is 1.19. The van der Waals surface area contributed by atoms with Crippen molar-refractivity contribution in [3.63, 3.8) is 0 Å². The summed E-state index contributed by atoms with van der Waals surface area (Å²) in [6.45, 7) is 29.5. The van der Waals surface area contributed by atoms with Crippen LogP contribution in [0.15, 0.2) is 78.9 Å². The molecule has 0 N–H and O–H groups in total. The van der Waals surface area contributed by atoms with Gasteiger partial charge in [-0.25, -0.2) is 0 Å². The molecule has 0 heterocycles. The molecule has 0 amide bonds. The molecule has 1 aliphatic rings. The van der Waals surface area contributed by atoms with Gasteiger partial charge < -0.3 is 4.74 Å². The zero-order valence-corrected chi connectivity index (χ0v) is 40.5. The van der Waals surface area contributed by atoms with Crippen LogP contribution < -0.4 is 9.92 Å². The molecule has 0 bridgehead atoms. The molecular formula is C54H61OSiZr. The maximum atomic E-state index is 5.96. The van der Waals surface area contributed by atoms with Crippen LogP contribution >= 0.6 is 0 Å². The topological polar surface area (TPSA) is 9.23 Å². The second-order valence-electron chi connectivity index (χ2n) is 18.1. The third-order valence-corrected chi connectivity index (χ3v) is 13.8. The fourth-order valence-electron chi connectivity index (χ4n) is 9.82. The zero-order chi connectivity index (χ0) is 40.4. The summed E-state index contributed by atoms with van der Waals surface area (Å²) in [6, 6.07) is 30.1. The SMILES string of the molecule is COc1c(C(C)(C)C)cc2[cH-]c(C)cc2c1-c1ccc(C)cc1C.Cc1ccc(-c2c3c(c(-c4ccc(C)cc4C)c4c2cc(C)[c-]4[Si](C)C)CCC3)c(C)c1.[Zr+2]. The van der Waals surface area contributed by atoms with E-state index in [2.05, 4.69) is 168 Å². The number of ether oxygens (including phenoxy) is 1. The largest absolute Gasteiger partial charge is 2.00 e. The molecule has 7 aromatic carbocycles. The molecule has 0 atom stereocenters. The third kappa shape index (κ3) is 7.89. The molecule has 0 fully saturated rings. The second kappa shape index (κ2) is 16.5. The molecule has 1 aliphatic carbocycles. The average molecular weight is 845 g/mol. The normalized spacial score (nSPS) is 12.5. The molecule has 0 aliphatic heterocycles. The number of benzene rings is 5. The Hall–Kier alpha value is -3.78. The molecule has 1 radical (unpaired) electrons. The number of hydrogen-bond donors (Lipinski definition) is 0. The molecule has 0 aromatic heterocycles. The van der Waals surface area contributed by atoms with Crippen LogP contribution in [0.3, 0.4) is 0 Å². The van der Waals surface area contributed by atoms with E-state index in [4.69, 9.17) is 4.74 Å². The van der Waals surface area contributed by atoms with Crippen molar-refractivity contribution < 1.29 is 30.9 Å². The first-order valence-corrected chi connectivity index (χ1v) is 23.1. The van der Waals surface area contributed by atoms with Crippen LogP contribution in [0.25, 0.3) is 54.9 Å². The average Bonchev–Trinajstić information content (AvgIpc) is 3.83. The first-order chi connectivity index (χ1) is 26.5. The van der Waals surface area contributed by atoms with Crippen molar-refractivity contribution in [1.29, 1.82) is 0 Å². The van der Waals surface area contributed by atoms with E-state index >= 15 is 0 Å². The standard InChI is InChI=1S/C31H34Si.C23H27O.Zr/c1-18-11-13-23(20(3)15-18)28-25-9-8-10-26(25)29(24-14-12-19(2)16-21(24)4)30-27(28)17-22(5)31(30)32(6)7;1-14-8-9-18(16(3)10-14)21-19-12-15(2)11-17(19)13-20(22(21)24-7)23(4,5)6;/h11-17H,8-10H2,1-7H3;8-13H,1-7H3;/q2*-1;+2. The van der Waals surface area contributed by atoms with Gasteiger partial charge in [-0.2, -0.15) is 12.1 Å². The molecule has 0 spiro atoms. The van der Waals surface area contributed by atoms with Gasteiger partial charge in [0.05, 0.1) is 7.11 Å². The number of rotatable bonds is 5. The molecule has 291 valence electrons. The summed E-state index contributed by atoms with van der Waals surface area (Å²) >= 11 is 0. The fraction of sp³-hybridized carbons (Fsp3) is 0.333. The van der Waals surface area contributed by atoms with E-state index in [1.165, 1.54) is 113 Å². The Balaban J connectivity index is 0.000000197. The predicted molar refractivity (Wildman–Crippen MR) is 248 cm³/mol. The molecule has 0 saturated heterocycles. The van der Waals surface area contributed by atoms with Crippen molar-refractivity contribution in [2.45, 2.75) is 114 Å². The molecule has 57 heavy (non-hydrogen) atoms. The van der Waals surface area contributed by atoms with Gasteiger partial charge in [0.2, 0.25) is 0 Å². The van der Waals surface area contributed by atoms with E-state index in [-0.39, 0.29) is 31.6 Å². The van der Waals surface area contributed by atoms with Crippen LogP contribution in [0.4, 0.5) is 0 Å². The van der Waals surface area contributed by atoms with E-state index < -0.39 is 8.80 Å². The van der Waals surface area contributed by atoms with Crippen LogP contribution in [0.5, 0.6) is 5.75 Å². The fourth-order valence-corrected chi connectivity index (χ4v) is 11.4. The van der Waals surface area contributed by atoms with E-state index in [1.807, 2.05) is 0 Å². The van der Waals surface area contributed by atoms with Gasteiger partial charge in [-0.05, 0) is 99.6 Å². The van der Waals surface area contributed by atoms with Gasteiger partial charge in [-0.15, -0.1) is 50.0 Å². The van der Waals surface area contributed by atoms with Crippen LogP contribution in [0, 0.1) is 55.4 Å². The van der Waals surface area contributed by atoms with Crippen LogP contribution in [-0.4, -0.2) is 15.9 Å². The number of aryl methyl sites for hydroxylation is 8. The van der Waals surface area contributed by atoms with Crippen molar-refractivity contribution >= 4 is 35.5 Å². The minimum atomic E-state index is -0.605. The summed E-state index contributed by atoms with van der Waals surface area (Å²) < 4.78 is 5.96. The molecule has 3 heteroatoms. The number of fused-ring (bicyclic) bond motifs is 3. The first kappa shape index (κ1) is 42.8. The molecule has 8 rings (SSSR count). The molecule has 1 nitrogen and oxygen atoms in total. The summed E-state index contributed by atoms with van der Waals surface area (Å²) in [5.74, 6) is 1.01. The van der Waals surface area contributed by atoms with E-state index in [0.29, 0.717) is 0 Å². The Labute approximate surface area is 364 Å². The van der Waals surface area contributed by atoms with Crippen molar-refractivity contribution in [3.05, 3.63) is 140 Å². The molecule has 0 saturated carbocycles. The van der Waals surface area contributed by atoms with Crippen molar-refractivity contribution in [1.82, 2.24) is 0 Å². The second-order valence-corrected chi connectivity index (χ2v) is 20.6. The Kier molecular flexibility index (Phi) is 12.4. The van der Waals surface area contributed by atoms with Gasteiger partial charge >= 0.3 is 26.2 Å². The molecular weight excluding hydrogens is 784 g/mol. The van der Waals surface area contributed by atoms with Crippen LogP contribution in [-0.2, 0) is 44.5 Å². The van der Waals surface area contributed by atoms with Gasteiger partial charge in [0.15, 0.2) is 0 Å². The predicted octanol–water partition coefficient (Wildman–Crippen LogP) is 14.3. The van der Waals surface area contributed by atoms with Crippen LogP contribution in [0.1, 0.15) is 88.4 Å². The van der Waals surface area contributed by atoms with Crippen LogP contribution in [0.2, 0.25) is 13.1 Å².